The molecule has 1 heterocycles. The largest absolute Gasteiger partial charge is 0.416 e. The third-order valence-corrected chi connectivity index (χ3v) is 4.55. The Morgan fingerprint density at radius 3 is 2.04 bits per heavy atom. The van der Waals surface area contributed by atoms with Crippen molar-refractivity contribution < 1.29 is 26.7 Å². The van der Waals surface area contributed by atoms with Crippen molar-refractivity contribution in [2.24, 2.45) is 0 Å². The maximum atomic E-state index is 13.3. The summed E-state index contributed by atoms with van der Waals surface area (Å²) in [7, 11) is 0. The van der Waals surface area contributed by atoms with Gasteiger partial charge in [0.1, 0.15) is 0 Å². The van der Waals surface area contributed by atoms with Crippen LogP contribution in [0.1, 0.15) is 15.9 Å². The first-order valence-electron chi connectivity index (χ1n) is 7.19. The zero-order chi connectivity index (χ0) is 20.1. The van der Waals surface area contributed by atoms with Crippen molar-refractivity contribution in [3.05, 3.63) is 63.8 Å². The fourth-order valence-electron chi connectivity index (χ4n) is 2.66. The summed E-state index contributed by atoms with van der Waals surface area (Å²) >= 11 is 16.8. The topological polar surface area (TPSA) is 22.0 Å². The van der Waals surface area contributed by atoms with Crippen LogP contribution in [0.15, 0.2) is 42.6 Å². The van der Waals surface area contributed by atoms with Crippen molar-refractivity contribution in [2.45, 2.75) is 11.6 Å². The van der Waals surface area contributed by atoms with Gasteiger partial charge in [-0.25, -0.2) is 0 Å². The minimum absolute atomic E-state index is 0.0838. The van der Waals surface area contributed by atoms with E-state index in [9.17, 15) is 26.7 Å². The standard InChI is InChI=1S/C17H7Cl3F5NO/c18-11-5-8(17(23,24)25)6-12(19)14(11)26-7-10(15(27)16(20,21)22)9-3-1-2-4-13(9)26/h1-7H. The number of benzene rings is 2. The maximum Gasteiger partial charge on any atom is 0.416 e. The molecule has 3 rings (SSSR count). The number of para-hydroxylation sites is 1. The second kappa shape index (κ2) is 6.65. The Bertz CT molecular complexity index is 1030. The van der Waals surface area contributed by atoms with Gasteiger partial charge >= 0.3 is 11.6 Å². The van der Waals surface area contributed by atoms with Crippen LogP contribution in [0.3, 0.4) is 0 Å². The number of carbonyl (C=O) groups is 1. The van der Waals surface area contributed by atoms with Crippen molar-refractivity contribution in [1.82, 2.24) is 4.57 Å². The number of hydrogen-bond acceptors (Lipinski definition) is 1. The van der Waals surface area contributed by atoms with E-state index in [1.807, 2.05) is 0 Å². The van der Waals surface area contributed by atoms with Crippen LogP contribution in [-0.2, 0) is 6.18 Å². The highest BCUT2D eigenvalue weighted by molar-refractivity contribution is 6.38. The molecular weight excluding hydrogens is 436 g/mol. The van der Waals surface area contributed by atoms with Crippen LogP contribution in [0.5, 0.6) is 0 Å². The average molecular weight is 443 g/mol. The number of fused-ring (bicyclic) bond motifs is 1. The number of carbonyl (C=O) groups excluding carboxylic acids is 1. The van der Waals surface area contributed by atoms with Crippen molar-refractivity contribution in [2.75, 3.05) is 0 Å². The van der Waals surface area contributed by atoms with E-state index in [1.54, 1.807) is 6.07 Å². The van der Waals surface area contributed by atoms with Gasteiger partial charge in [0.25, 0.3) is 0 Å². The molecule has 142 valence electrons. The van der Waals surface area contributed by atoms with Crippen LogP contribution >= 0.6 is 34.8 Å². The molecular formula is C17H7Cl3F5NO. The molecule has 0 aliphatic rings. The summed E-state index contributed by atoms with van der Waals surface area (Å²) in [6.07, 6.45) is -3.66. The number of halogens is 8. The normalized spacial score (nSPS) is 12.6. The molecule has 0 saturated heterocycles. The molecule has 0 saturated carbocycles. The molecule has 0 atom stereocenters. The summed E-state index contributed by atoms with van der Waals surface area (Å²) in [5.41, 5.74) is -1.33. The highest BCUT2D eigenvalue weighted by Gasteiger charge is 2.39. The van der Waals surface area contributed by atoms with Gasteiger partial charge in [0.2, 0.25) is 5.78 Å². The molecule has 1 aromatic heterocycles. The predicted octanol–water partition coefficient (Wildman–Crippen LogP) is 6.97. The number of nitrogens with zero attached hydrogens (tertiary/aromatic N) is 1. The van der Waals surface area contributed by atoms with E-state index in [0.29, 0.717) is 12.1 Å². The fraction of sp³-hybridized carbons (Fsp3) is 0.118. The van der Waals surface area contributed by atoms with Crippen molar-refractivity contribution in [3.63, 3.8) is 0 Å². The van der Waals surface area contributed by atoms with E-state index < -0.39 is 28.5 Å². The Labute approximate surface area is 164 Å². The zero-order valence-corrected chi connectivity index (χ0v) is 15.2. The minimum Gasteiger partial charge on any atom is -0.313 e. The summed E-state index contributed by atoms with van der Waals surface area (Å²) in [5.74, 6) is -1.65. The van der Waals surface area contributed by atoms with Gasteiger partial charge in [-0.2, -0.15) is 22.0 Å². The lowest BCUT2D eigenvalue weighted by Gasteiger charge is -2.14. The summed E-state index contributed by atoms with van der Waals surface area (Å²) in [4.78, 5) is 12.0. The Balaban J connectivity index is 2.30. The van der Waals surface area contributed by atoms with Crippen LogP contribution in [0.2, 0.25) is 10.0 Å². The molecule has 0 bridgehead atoms. The molecule has 27 heavy (non-hydrogen) atoms. The van der Waals surface area contributed by atoms with Crippen LogP contribution in [-0.4, -0.2) is 15.7 Å². The Morgan fingerprint density at radius 2 is 1.52 bits per heavy atom. The monoisotopic (exact) mass is 441 g/mol. The quantitative estimate of drug-likeness (QED) is 0.244. The van der Waals surface area contributed by atoms with E-state index in [0.717, 1.165) is 6.20 Å². The number of ketones is 1. The summed E-state index contributed by atoms with van der Waals surface area (Å²) < 4.78 is 66.5. The lowest BCUT2D eigenvalue weighted by atomic mass is 10.1. The first-order valence-corrected chi connectivity index (χ1v) is 8.33. The zero-order valence-electron chi connectivity index (χ0n) is 12.9. The fourth-order valence-corrected chi connectivity index (χ4v) is 3.43. The Hall–Kier alpha value is -1.83. The van der Waals surface area contributed by atoms with E-state index in [-0.39, 0.29) is 26.6 Å². The number of rotatable bonds is 3. The van der Waals surface area contributed by atoms with Gasteiger partial charge in [-0.15, -0.1) is 0 Å². The van der Waals surface area contributed by atoms with Crippen LogP contribution in [0.25, 0.3) is 16.6 Å². The summed E-state index contributed by atoms with van der Waals surface area (Å²) in [6, 6.07) is 7.25. The molecule has 0 spiro atoms. The average Bonchev–Trinajstić information content (AvgIpc) is 2.91. The molecule has 2 nitrogen and oxygen atoms in total. The number of aromatic nitrogens is 1. The van der Waals surface area contributed by atoms with Gasteiger partial charge in [-0.05, 0) is 29.8 Å². The van der Waals surface area contributed by atoms with Crippen LogP contribution in [0.4, 0.5) is 22.0 Å². The van der Waals surface area contributed by atoms with Crippen molar-refractivity contribution in [1.29, 1.82) is 0 Å². The van der Waals surface area contributed by atoms with Gasteiger partial charge in [-0.3, -0.25) is 4.79 Å². The molecule has 0 aliphatic heterocycles. The van der Waals surface area contributed by atoms with Crippen LogP contribution < -0.4 is 0 Å². The van der Waals surface area contributed by atoms with Crippen LogP contribution in [0, 0.1) is 0 Å². The second-order valence-corrected chi connectivity index (χ2v) is 6.83. The number of hydrogen-bond donors (Lipinski definition) is 0. The third-order valence-electron chi connectivity index (χ3n) is 3.80. The highest BCUT2D eigenvalue weighted by Crippen LogP contribution is 2.40. The molecule has 2 aromatic carbocycles. The number of alkyl halides is 6. The first-order chi connectivity index (χ1) is 12.4. The molecule has 0 aliphatic carbocycles. The van der Waals surface area contributed by atoms with Crippen molar-refractivity contribution in [3.8, 4) is 5.69 Å². The lowest BCUT2D eigenvalue weighted by Crippen LogP contribution is -2.21. The molecule has 0 unspecified atom stereocenters. The predicted molar refractivity (Wildman–Crippen MR) is 93.4 cm³/mol. The number of Topliss-reactive ketones (excluding diaryl/α,β-unsaturated/α-hetero) is 1. The molecule has 3 aromatic rings. The molecule has 0 amide bonds. The summed E-state index contributed by atoms with van der Waals surface area (Å²) in [6.45, 7) is 0. The third kappa shape index (κ3) is 3.63. The van der Waals surface area contributed by atoms with E-state index in [1.165, 1.54) is 22.8 Å². The first kappa shape index (κ1) is 19.9. The molecule has 0 radical (unpaired) electrons. The van der Waals surface area contributed by atoms with E-state index >= 15 is 0 Å². The SMILES string of the molecule is O=C(c1cn(-c2c(Cl)cc(C(F)(F)F)cc2Cl)c2ccccc12)C(F)(F)Cl. The smallest absolute Gasteiger partial charge is 0.313 e. The van der Waals surface area contributed by atoms with Gasteiger partial charge < -0.3 is 4.57 Å². The van der Waals surface area contributed by atoms with E-state index in [4.69, 9.17) is 34.8 Å². The second-order valence-electron chi connectivity index (χ2n) is 5.54. The Morgan fingerprint density at radius 1 is 0.963 bits per heavy atom. The Kier molecular flexibility index (Phi) is 4.91. The summed E-state index contributed by atoms with van der Waals surface area (Å²) in [5, 5.41) is -4.77. The lowest BCUT2D eigenvalue weighted by molar-refractivity contribution is -0.137. The maximum absolute atomic E-state index is 13.3. The molecule has 10 heteroatoms. The highest BCUT2D eigenvalue weighted by atomic mass is 35.5. The van der Waals surface area contributed by atoms with Gasteiger partial charge in [-0.1, -0.05) is 41.4 Å². The van der Waals surface area contributed by atoms with Gasteiger partial charge in [0.15, 0.2) is 0 Å². The van der Waals surface area contributed by atoms with Crippen molar-refractivity contribution >= 4 is 51.5 Å². The van der Waals surface area contributed by atoms with Gasteiger partial charge in [0, 0.05) is 11.6 Å². The molecule has 0 fully saturated rings. The van der Waals surface area contributed by atoms with E-state index in [2.05, 4.69) is 0 Å². The molecule has 0 N–H and O–H groups in total. The van der Waals surface area contributed by atoms with Gasteiger partial charge in [0.05, 0.1) is 32.4 Å². The minimum atomic E-state index is -4.67.